The number of carbonyl (C=O) groups is 1. The first-order valence-corrected chi connectivity index (χ1v) is 4.24. The van der Waals surface area contributed by atoms with Crippen molar-refractivity contribution >= 4 is 5.97 Å². The minimum Gasteiger partial charge on any atom is -0.478 e. The van der Waals surface area contributed by atoms with Crippen LogP contribution in [-0.2, 0) is 0 Å². The molecule has 0 saturated carbocycles. The molecule has 13 heavy (non-hydrogen) atoms. The zero-order valence-corrected chi connectivity index (χ0v) is 8.33. The summed E-state index contributed by atoms with van der Waals surface area (Å²) in [7, 11) is 0. The summed E-state index contributed by atoms with van der Waals surface area (Å²) in [5.74, 6) is -0.901. The van der Waals surface area contributed by atoms with E-state index >= 15 is 0 Å². The van der Waals surface area contributed by atoms with Gasteiger partial charge in [-0.1, -0.05) is 0 Å². The summed E-state index contributed by atoms with van der Waals surface area (Å²) in [6.45, 7) is 7.45. The van der Waals surface area contributed by atoms with Crippen molar-refractivity contribution in [1.29, 1.82) is 0 Å². The lowest BCUT2D eigenvalue weighted by molar-refractivity contribution is 0.0695. The van der Waals surface area contributed by atoms with Crippen LogP contribution in [0.2, 0.25) is 0 Å². The van der Waals surface area contributed by atoms with Gasteiger partial charge in [0.25, 0.3) is 0 Å². The lowest BCUT2D eigenvalue weighted by Crippen LogP contribution is -2.06. The van der Waals surface area contributed by atoms with E-state index in [9.17, 15) is 4.79 Å². The minimum absolute atomic E-state index is 0.201. The molecule has 4 nitrogen and oxygen atoms in total. The van der Waals surface area contributed by atoms with E-state index in [0.29, 0.717) is 11.3 Å². The molecule has 0 aliphatic heterocycles. The lowest BCUT2D eigenvalue weighted by Gasteiger charge is -2.07. The molecule has 0 amide bonds. The number of hydrogen-bond donors (Lipinski definition) is 1. The largest absolute Gasteiger partial charge is 0.478 e. The summed E-state index contributed by atoms with van der Waals surface area (Å²) in [5, 5.41) is 13.1. The van der Waals surface area contributed by atoms with Crippen molar-refractivity contribution in [2.45, 2.75) is 33.7 Å². The third-order valence-corrected chi connectivity index (χ3v) is 2.03. The van der Waals surface area contributed by atoms with Crippen molar-refractivity contribution in [3.63, 3.8) is 0 Å². The minimum atomic E-state index is -0.901. The monoisotopic (exact) mass is 182 g/mol. The molecule has 0 aliphatic carbocycles. The lowest BCUT2D eigenvalue weighted by atomic mass is 10.2. The van der Waals surface area contributed by atoms with Crippen molar-refractivity contribution in [3.8, 4) is 0 Å². The summed E-state index contributed by atoms with van der Waals surface area (Å²) in [5.41, 5.74) is 1.63. The molecule has 1 heterocycles. The number of nitrogens with zero attached hydrogens (tertiary/aromatic N) is 2. The molecule has 72 valence electrons. The van der Waals surface area contributed by atoms with Crippen LogP contribution in [0.1, 0.15) is 41.6 Å². The molecular weight excluding hydrogens is 168 g/mol. The Balaban J connectivity index is 3.30. The van der Waals surface area contributed by atoms with Crippen molar-refractivity contribution < 1.29 is 9.90 Å². The van der Waals surface area contributed by atoms with Gasteiger partial charge in [0.05, 0.1) is 11.4 Å². The molecule has 0 unspecified atom stereocenters. The van der Waals surface area contributed by atoms with E-state index in [-0.39, 0.29) is 6.04 Å². The quantitative estimate of drug-likeness (QED) is 0.758. The standard InChI is InChI=1S/C9H14N2O2/c1-5(2)11-7(4)8(9(12)13)6(3)10-11/h5H,1-4H3,(H,12,13). The van der Waals surface area contributed by atoms with Crippen LogP contribution in [-0.4, -0.2) is 20.9 Å². The van der Waals surface area contributed by atoms with E-state index in [0.717, 1.165) is 5.69 Å². The molecule has 1 aromatic rings. The zero-order valence-electron chi connectivity index (χ0n) is 8.33. The van der Waals surface area contributed by atoms with Crippen LogP contribution >= 0.6 is 0 Å². The molecule has 0 fully saturated rings. The highest BCUT2D eigenvalue weighted by atomic mass is 16.4. The van der Waals surface area contributed by atoms with Gasteiger partial charge >= 0.3 is 5.97 Å². The van der Waals surface area contributed by atoms with E-state index in [4.69, 9.17) is 5.11 Å². The average molecular weight is 182 g/mol. The van der Waals surface area contributed by atoms with Gasteiger partial charge in [-0.25, -0.2) is 4.79 Å². The van der Waals surface area contributed by atoms with E-state index < -0.39 is 5.97 Å². The number of carboxylic acids is 1. The first-order valence-electron chi connectivity index (χ1n) is 4.24. The highest BCUT2D eigenvalue weighted by Gasteiger charge is 2.18. The maximum absolute atomic E-state index is 10.8. The zero-order chi connectivity index (χ0) is 10.2. The molecular formula is C9H14N2O2. The highest BCUT2D eigenvalue weighted by molar-refractivity contribution is 5.90. The van der Waals surface area contributed by atoms with Gasteiger partial charge in [-0.05, 0) is 27.7 Å². The number of aromatic carboxylic acids is 1. The second-order valence-corrected chi connectivity index (χ2v) is 3.39. The van der Waals surface area contributed by atoms with Gasteiger partial charge in [-0.15, -0.1) is 0 Å². The number of carboxylic acid groups (broad SMARTS) is 1. The molecule has 4 heteroatoms. The Bertz CT molecular complexity index is 340. The molecule has 1 N–H and O–H groups in total. The number of rotatable bonds is 2. The van der Waals surface area contributed by atoms with Gasteiger partial charge in [0, 0.05) is 6.04 Å². The second-order valence-electron chi connectivity index (χ2n) is 3.39. The predicted molar refractivity (Wildman–Crippen MR) is 49.0 cm³/mol. The third kappa shape index (κ3) is 1.56. The van der Waals surface area contributed by atoms with Crippen molar-refractivity contribution in [2.75, 3.05) is 0 Å². The maximum Gasteiger partial charge on any atom is 0.339 e. The van der Waals surface area contributed by atoms with E-state index in [2.05, 4.69) is 5.10 Å². The fourth-order valence-electron chi connectivity index (χ4n) is 1.48. The molecule has 0 atom stereocenters. The Kier molecular flexibility index (Phi) is 2.40. The smallest absolute Gasteiger partial charge is 0.339 e. The van der Waals surface area contributed by atoms with Gasteiger partial charge in [-0.2, -0.15) is 5.10 Å². The van der Waals surface area contributed by atoms with Crippen molar-refractivity contribution in [1.82, 2.24) is 9.78 Å². The fourth-order valence-corrected chi connectivity index (χ4v) is 1.48. The molecule has 0 saturated heterocycles. The van der Waals surface area contributed by atoms with E-state index in [1.807, 2.05) is 13.8 Å². The second kappa shape index (κ2) is 3.20. The van der Waals surface area contributed by atoms with Crippen LogP contribution in [0.25, 0.3) is 0 Å². The molecule has 1 rings (SSSR count). The summed E-state index contributed by atoms with van der Waals surface area (Å²) < 4.78 is 1.73. The molecule has 0 bridgehead atoms. The fraction of sp³-hybridized carbons (Fsp3) is 0.556. The number of hydrogen-bond acceptors (Lipinski definition) is 2. The van der Waals surface area contributed by atoms with Crippen LogP contribution in [0.4, 0.5) is 0 Å². The van der Waals surface area contributed by atoms with Crippen molar-refractivity contribution in [2.24, 2.45) is 0 Å². The molecule has 0 spiro atoms. The topological polar surface area (TPSA) is 55.1 Å². The normalized spacial score (nSPS) is 10.8. The van der Waals surface area contributed by atoms with Gasteiger partial charge in [-0.3, -0.25) is 4.68 Å². The molecule has 0 radical (unpaired) electrons. The average Bonchev–Trinajstić information content (AvgIpc) is 2.26. The molecule has 1 aromatic heterocycles. The van der Waals surface area contributed by atoms with Crippen LogP contribution in [0, 0.1) is 13.8 Å². The van der Waals surface area contributed by atoms with Gasteiger partial charge in [0.2, 0.25) is 0 Å². The Hall–Kier alpha value is -1.32. The van der Waals surface area contributed by atoms with Crippen LogP contribution in [0.5, 0.6) is 0 Å². The predicted octanol–water partition coefficient (Wildman–Crippen LogP) is 1.78. The third-order valence-electron chi connectivity index (χ3n) is 2.03. The van der Waals surface area contributed by atoms with Crippen molar-refractivity contribution in [3.05, 3.63) is 17.0 Å². The summed E-state index contributed by atoms with van der Waals surface area (Å²) >= 11 is 0. The van der Waals surface area contributed by atoms with Gasteiger partial charge < -0.3 is 5.11 Å². The van der Waals surface area contributed by atoms with Crippen LogP contribution in [0.3, 0.4) is 0 Å². The number of aromatic nitrogens is 2. The highest BCUT2D eigenvalue weighted by Crippen LogP contribution is 2.16. The summed E-state index contributed by atoms with van der Waals surface area (Å²) in [6.07, 6.45) is 0. The SMILES string of the molecule is Cc1nn(C(C)C)c(C)c1C(=O)O. The first kappa shape index (κ1) is 9.77. The van der Waals surface area contributed by atoms with Gasteiger partial charge in [0.15, 0.2) is 0 Å². The number of aryl methyl sites for hydroxylation is 1. The maximum atomic E-state index is 10.8. The summed E-state index contributed by atoms with van der Waals surface area (Å²) in [6, 6.07) is 0.201. The van der Waals surface area contributed by atoms with E-state index in [1.165, 1.54) is 0 Å². The van der Waals surface area contributed by atoms with Gasteiger partial charge in [0.1, 0.15) is 5.56 Å². The Labute approximate surface area is 77.2 Å². The Morgan fingerprint density at radius 3 is 2.23 bits per heavy atom. The van der Waals surface area contributed by atoms with Crippen LogP contribution < -0.4 is 0 Å². The Morgan fingerprint density at radius 2 is 2.00 bits per heavy atom. The van der Waals surface area contributed by atoms with Crippen LogP contribution in [0.15, 0.2) is 0 Å². The first-order chi connectivity index (χ1) is 5.95. The molecule has 0 aliphatic rings. The Morgan fingerprint density at radius 1 is 1.46 bits per heavy atom. The summed E-state index contributed by atoms with van der Waals surface area (Å²) in [4.78, 5) is 10.8. The van der Waals surface area contributed by atoms with E-state index in [1.54, 1.807) is 18.5 Å². The molecule has 0 aromatic carbocycles.